The number of rotatable bonds is 4. The van der Waals surface area contributed by atoms with E-state index in [0.717, 1.165) is 13.1 Å². The summed E-state index contributed by atoms with van der Waals surface area (Å²) in [5, 5.41) is 3.18. The summed E-state index contributed by atoms with van der Waals surface area (Å²) in [7, 11) is 5.58. The second-order valence-electron chi connectivity index (χ2n) is 4.11. The zero-order valence-electron chi connectivity index (χ0n) is 9.42. The lowest BCUT2D eigenvalue weighted by Crippen LogP contribution is -2.42. The summed E-state index contributed by atoms with van der Waals surface area (Å²) in [6.07, 6.45) is 2.43. The van der Waals surface area contributed by atoms with Crippen molar-refractivity contribution in [3.05, 3.63) is 0 Å². The molecule has 1 rings (SSSR count). The molecule has 1 saturated heterocycles. The summed E-state index contributed by atoms with van der Waals surface area (Å²) in [4.78, 5) is 15.5. The average molecular weight is 199 g/mol. The van der Waals surface area contributed by atoms with Gasteiger partial charge in [0.25, 0.3) is 0 Å². The van der Waals surface area contributed by atoms with E-state index >= 15 is 0 Å². The van der Waals surface area contributed by atoms with Crippen LogP contribution in [0.15, 0.2) is 0 Å². The highest BCUT2D eigenvalue weighted by Crippen LogP contribution is 2.15. The molecule has 1 aliphatic rings. The Bertz CT molecular complexity index is 194. The van der Waals surface area contributed by atoms with E-state index in [2.05, 4.69) is 10.2 Å². The lowest BCUT2D eigenvalue weighted by Gasteiger charge is -2.24. The van der Waals surface area contributed by atoms with Crippen molar-refractivity contribution in [2.45, 2.75) is 18.9 Å². The second kappa shape index (κ2) is 5.32. The third-order valence-electron chi connectivity index (χ3n) is 2.78. The SMILES string of the molecule is CNCC1CCCN1CC(=O)N(C)C. The molecule has 0 aliphatic carbocycles. The first-order chi connectivity index (χ1) is 6.65. The lowest BCUT2D eigenvalue weighted by molar-refractivity contribution is -0.130. The Morgan fingerprint density at radius 2 is 2.29 bits per heavy atom. The summed E-state index contributed by atoms with van der Waals surface area (Å²) in [6, 6.07) is 0.545. The molecule has 1 N–H and O–H groups in total. The minimum atomic E-state index is 0.202. The van der Waals surface area contributed by atoms with E-state index in [1.165, 1.54) is 12.8 Å². The zero-order valence-corrected chi connectivity index (χ0v) is 9.42. The summed E-state index contributed by atoms with van der Waals surface area (Å²) in [5.41, 5.74) is 0. The molecule has 1 unspecified atom stereocenters. The Morgan fingerprint density at radius 1 is 1.57 bits per heavy atom. The average Bonchev–Trinajstić information content (AvgIpc) is 2.53. The fourth-order valence-corrected chi connectivity index (χ4v) is 1.89. The molecule has 1 aliphatic heterocycles. The second-order valence-corrected chi connectivity index (χ2v) is 4.11. The molecular weight excluding hydrogens is 178 g/mol. The van der Waals surface area contributed by atoms with Gasteiger partial charge in [0.1, 0.15) is 0 Å². The van der Waals surface area contributed by atoms with E-state index < -0.39 is 0 Å². The Balaban J connectivity index is 2.39. The van der Waals surface area contributed by atoms with Gasteiger partial charge in [-0.25, -0.2) is 0 Å². The van der Waals surface area contributed by atoms with E-state index in [9.17, 15) is 4.79 Å². The highest BCUT2D eigenvalue weighted by atomic mass is 16.2. The molecule has 4 heteroatoms. The van der Waals surface area contributed by atoms with Gasteiger partial charge in [0.2, 0.25) is 5.91 Å². The van der Waals surface area contributed by atoms with Crippen molar-refractivity contribution < 1.29 is 4.79 Å². The Morgan fingerprint density at radius 3 is 2.86 bits per heavy atom. The van der Waals surface area contributed by atoms with Crippen LogP contribution < -0.4 is 5.32 Å². The Kier molecular flexibility index (Phi) is 4.35. The van der Waals surface area contributed by atoms with Gasteiger partial charge in [-0.1, -0.05) is 0 Å². The fourth-order valence-electron chi connectivity index (χ4n) is 1.89. The van der Waals surface area contributed by atoms with Crippen LogP contribution in [0.2, 0.25) is 0 Å². The summed E-state index contributed by atoms with van der Waals surface area (Å²) in [5.74, 6) is 0.202. The topological polar surface area (TPSA) is 35.6 Å². The quantitative estimate of drug-likeness (QED) is 0.678. The first kappa shape index (κ1) is 11.5. The van der Waals surface area contributed by atoms with Crippen molar-refractivity contribution in [1.29, 1.82) is 0 Å². The van der Waals surface area contributed by atoms with Crippen LogP contribution in [-0.4, -0.2) is 62.5 Å². The van der Waals surface area contributed by atoms with Crippen LogP contribution >= 0.6 is 0 Å². The van der Waals surface area contributed by atoms with Gasteiger partial charge in [0.15, 0.2) is 0 Å². The third kappa shape index (κ3) is 2.96. The van der Waals surface area contributed by atoms with E-state index in [1.807, 2.05) is 21.1 Å². The normalized spacial score (nSPS) is 22.6. The van der Waals surface area contributed by atoms with E-state index in [4.69, 9.17) is 0 Å². The van der Waals surface area contributed by atoms with Crippen molar-refractivity contribution in [3.63, 3.8) is 0 Å². The number of likely N-dealkylation sites (tertiary alicyclic amines) is 1. The van der Waals surface area contributed by atoms with Gasteiger partial charge in [0.05, 0.1) is 6.54 Å². The third-order valence-corrected chi connectivity index (χ3v) is 2.78. The molecule has 1 atom stereocenters. The highest BCUT2D eigenvalue weighted by molar-refractivity contribution is 5.77. The maximum Gasteiger partial charge on any atom is 0.236 e. The van der Waals surface area contributed by atoms with Gasteiger partial charge in [-0.05, 0) is 26.4 Å². The number of carbonyl (C=O) groups excluding carboxylic acids is 1. The van der Waals surface area contributed by atoms with Crippen LogP contribution in [0.1, 0.15) is 12.8 Å². The molecule has 4 nitrogen and oxygen atoms in total. The number of carbonyl (C=O) groups is 1. The number of nitrogens with one attached hydrogen (secondary N) is 1. The molecule has 1 heterocycles. The molecule has 82 valence electrons. The predicted octanol–water partition coefficient (Wildman–Crippen LogP) is -0.242. The Hall–Kier alpha value is -0.610. The fraction of sp³-hybridized carbons (Fsp3) is 0.900. The number of hydrogen-bond acceptors (Lipinski definition) is 3. The highest BCUT2D eigenvalue weighted by Gasteiger charge is 2.25. The minimum Gasteiger partial charge on any atom is -0.348 e. The van der Waals surface area contributed by atoms with Crippen LogP contribution in [-0.2, 0) is 4.79 Å². The van der Waals surface area contributed by atoms with Gasteiger partial charge in [-0.15, -0.1) is 0 Å². The molecule has 0 aromatic heterocycles. The summed E-state index contributed by atoms with van der Waals surface area (Å²) >= 11 is 0. The van der Waals surface area contributed by atoms with Gasteiger partial charge in [0, 0.05) is 26.7 Å². The van der Waals surface area contributed by atoms with Crippen molar-refractivity contribution in [3.8, 4) is 0 Å². The van der Waals surface area contributed by atoms with Crippen LogP contribution in [0.25, 0.3) is 0 Å². The van der Waals surface area contributed by atoms with Crippen molar-refractivity contribution in [1.82, 2.24) is 15.1 Å². The molecule has 0 aromatic rings. The van der Waals surface area contributed by atoms with E-state index in [-0.39, 0.29) is 5.91 Å². The van der Waals surface area contributed by atoms with Gasteiger partial charge < -0.3 is 10.2 Å². The largest absolute Gasteiger partial charge is 0.348 e. The number of amides is 1. The standard InChI is InChI=1S/C10H21N3O/c1-11-7-9-5-4-6-13(9)8-10(14)12(2)3/h9,11H,4-8H2,1-3H3. The van der Waals surface area contributed by atoms with Gasteiger partial charge in [-0.3, -0.25) is 9.69 Å². The van der Waals surface area contributed by atoms with Crippen LogP contribution in [0.4, 0.5) is 0 Å². The summed E-state index contributed by atoms with van der Waals surface area (Å²) < 4.78 is 0. The van der Waals surface area contributed by atoms with E-state index in [1.54, 1.807) is 4.90 Å². The van der Waals surface area contributed by atoms with Crippen molar-refractivity contribution in [2.24, 2.45) is 0 Å². The number of likely N-dealkylation sites (N-methyl/N-ethyl adjacent to an activating group) is 2. The molecule has 1 amide bonds. The molecule has 1 fully saturated rings. The lowest BCUT2D eigenvalue weighted by atomic mass is 10.2. The van der Waals surface area contributed by atoms with Gasteiger partial charge >= 0.3 is 0 Å². The minimum absolute atomic E-state index is 0.202. The maximum absolute atomic E-state index is 11.5. The Labute approximate surface area is 86.2 Å². The predicted molar refractivity (Wildman–Crippen MR) is 57.2 cm³/mol. The molecular formula is C10H21N3O. The maximum atomic E-state index is 11.5. The summed E-state index contributed by atoms with van der Waals surface area (Å²) in [6.45, 7) is 2.62. The molecule has 0 radical (unpaired) electrons. The molecule has 0 saturated carbocycles. The molecule has 0 spiro atoms. The monoisotopic (exact) mass is 199 g/mol. The van der Waals surface area contributed by atoms with E-state index in [0.29, 0.717) is 12.6 Å². The molecule has 0 aromatic carbocycles. The molecule has 14 heavy (non-hydrogen) atoms. The number of hydrogen-bond donors (Lipinski definition) is 1. The van der Waals surface area contributed by atoms with Crippen LogP contribution in [0.5, 0.6) is 0 Å². The molecule has 0 bridgehead atoms. The van der Waals surface area contributed by atoms with Crippen LogP contribution in [0, 0.1) is 0 Å². The van der Waals surface area contributed by atoms with Gasteiger partial charge in [-0.2, -0.15) is 0 Å². The van der Waals surface area contributed by atoms with Crippen LogP contribution in [0.3, 0.4) is 0 Å². The first-order valence-corrected chi connectivity index (χ1v) is 5.24. The van der Waals surface area contributed by atoms with Crippen molar-refractivity contribution in [2.75, 3.05) is 40.8 Å². The first-order valence-electron chi connectivity index (χ1n) is 5.24. The van der Waals surface area contributed by atoms with Crippen molar-refractivity contribution >= 4 is 5.91 Å². The zero-order chi connectivity index (χ0) is 10.6. The number of nitrogens with zero attached hydrogens (tertiary/aromatic N) is 2. The smallest absolute Gasteiger partial charge is 0.236 e.